The van der Waals surface area contributed by atoms with Crippen LogP contribution in [0.5, 0.6) is 5.75 Å². The summed E-state index contributed by atoms with van der Waals surface area (Å²) in [5, 5.41) is 3.50. The van der Waals surface area contributed by atoms with Crippen molar-refractivity contribution in [2.45, 2.75) is 43.3 Å². The van der Waals surface area contributed by atoms with E-state index in [1.165, 1.54) is 6.33 Å². The molecule has 1 aromatic carbocycles. The number of nitrogens with zero attached hydrogens (tertiary/aromatic N) is 3. The molecule has 2 aromatic heterocycles. The summed E-state index contributed by atoms with van der Waals surface area (Å²) in [7, 11) is 0. The van der Waals surface area contributed by atoms with E-state index in [0.717, 1.165) is 24.5 Å². The molecule has 160 valence electrons. The fourth-order valence-corrected chi connectivity index (χ4v) is 3.96. The summed E-state index contributed by atoms with van der Waals surface area (Å²) in [5.74, 6) is 0.938. The molecule has 3 aromatic rings. The maximum atomic E-state index is 13.2. The van der Waals surface area contributed by atoms with Gasteiger partial charge in [0.2, 0.25) is 6.04 Å². The number of fused-ring (bicyclic) bond motifs is 2. The van der Waals surface area contributed by atoms with Crippen molar-refractivity contribution in [2.75, 3.05) is 11.9 Å². The minimum absolute atomic E-state index is 0.0923. The van der Waals surface area contributed by atoms with Crippen molar-refractivity contribution in [3.8, 4) is 5.75 Å². The molecule has 0 bridgehead atoms. The van der Waals surface area contributed by atoms with Crippen molar-refractivity contribution >= 4 is 16.9 Å². The number of aromatic amines is 1. The molecule has 1 aliphatic heterocycles. The number of benzene rings is 1. The van der Waals surface area contributed by atoms with E-state index in [-0.39, 0.29) is 35.6 Å². The molecule has 31 heavy (non-hydrogen) atoms. The fourth-order valence-electron chi connectivity index (χ4n) is 3.96. The van der Waals surface area contributed by atoms with E-state index in [0.29, 0.717) is 5.75 Å². The minimum atomic E-state index is -4.52. The van der Waals surface area contributed by atoms with Gasteiger partial charge in [-0.25, -0.2) is 16.5 Å². The molecule has 0 amide bonds. The Morgan fingerprint density at radius 1 is 1.19 bits per heavy atom. The number of alkyl halides is 3. The molecule has 2 N–H and O–H groups in total. The molecule has 2 aliphatic rings. The van der Waals surface area contributed by atoms with Gasteiger partial charge < -0.3 is 24.6 Å². The number of rotatable bonds is 4. The van der Waals surface area contributed by atoms with Crippen LogP contribution in [0.4, 0.5) is 19.0 Å². The van der Waals surface area contributed by atoms with Gasteiger partial charge in [-0.15, -0.1) is 0 Å². The number of hydrogen-bond acceptors (Lipinski definition) is 5. The number of anilines is 1. The zero-order chi connectivity index (χ0) is 21.6. The van der Waals surface area contributed by atoms with Crippen LogP contribution in [0.3, 0.4) is 0 Å². The fraction of sp³-hybridized carbons (Fsp3) is 0.381. The monoisotopic (exact) mass is 429 g/mol. The molecule has 1 aliphatic carbocycles. The number of para-hydroxylation sites is 1. The molecular weight excluding hydrogens is 411 g/mol. The van der Waals surface area contributed by atoms with Gasteiger partial charge in [0, 0.05) is 12.0 Å². The Bertz CT molecular complexity index is 1160. The van der Waals surface area contributed by atoms with Crippen LogP contribution < -0.4 is 10.1 Å². The van der Waals surface area contributed by atoms with Gasteiger partial charge in [-0.1, -0.05) is 18.2 Å². The van der Waals surface area contributed by atoms with Gasteiger partial charge in [0.15, 0.2) is 0 Å². The minimum Gasteiger partial charge on any atom is -0.490 e. The first-order valence-corrected chi connectivity index (χ1v) is 9.85. The summed E-state index contributed by atoms with van der Waals surface area (Å²) >= 11 is 0. The Kier molecular flexibility index (Phi) is 4.70. The predicted molar refractivity (Wildman–Crippen MR) is 105 cm³/mol. The van der Waals surface area contributed by atoms with E-state index in [2.05, 4.69) is 25.1 Å². The molecule has 10 heteroatoms. The molecule has 4 atom stereocenters. The van der Waals surface area contributed by atoms with Crippen molar-refractivity contribution in [2.24, 2.45) is 0 Å². The molecule has 7 nitrogen and oxygen atoms in total. The topological polar surface area (TPSA) is 76.4 Å². The summed E-state index contributed by atoms with van der Waals surface area (Å²) in [6.07, 6.45) is -2.34. The molecule has 0 spiro atoms. The van der Waals surface area contributed by atoms with Gasteiger partial charge in [0.05, 0.1) is 11.4 Å². The lowest BCUT2D eigenvalue weighted by atomic mass is 9.89. The second-order valence-corrected chi connectivity index (χ2v) is 7.62. The average Bonchev–Trinajstić information content (AvgIpc) is 3.18. The predicted octanol–water partition coefficient (Wildman–Crippen LogP) is 4.36. The average molecular weight is 429 g/mol. The zero-order valence-electron chi connectivity index (χ0n) is 16.2. The number of aromatic nitrogens is 3. The van der Waals surface area contributed by atoms with Crippen LogP contribution in [0.25, 0.3) is 15.9 Å². The lowest BCUT2D eigenvalue weighted by Crippen LogP contribution is -2.46. The molecule has 1 fully saturated rings. The first-order chi connectivity index (χ1) is 14.9. The molecule has 1 saturated carbocycles. The van der Waals surface area contributed by atoms with E-state index in [1.807, 2.05) is 24.3 Å². The van der Waals surface area contributed by atoms with E-state index >= 15 is 0 Å². The number of H-pyrrole nitrogens is 1. The Labute approximate surface area is 175 Å². The van der Waals surface area contributed by atoms with E-state index in [1.54, 1.807) is 0 Å². The first-order valence-electron chi connectivity index (χ1n) is 9.85. The van der Waals surface area contributed by atoms with Crippen LogP contribution in [-0.2, 0) is 10.9 Å². The third kappa shape index (κ3) is 3.55. The van der Waals surface area contributed by atoms with Gasteiger partial charge >= 0.3 is 6.18 Å². The van der Waals surface area contributed by atoms with Gasteiger partial charge in [0.25, 0.3) is 0 Å². The Morgan fingerprint density at radius 3 is 2.77 bits per heavy atom. The largest absolute Gasteiger partial charge is 0.490 e. The first kappa shape index (κ1) is 19.6. The molecule has 0 saturated heterocycles. The number of ether oxygens (including phenoxy) is 2. The van der Waals surface area contributed by atoms with Crippen LogP contribution in [-0.4, -0.2) is 39.8 Å². The van der Waals surface area contributed by atoms with Gasteiger partial charge in [0.1, 0.15) is 48.1 Å². The molecule has 3 heterocycles. The number of hydrogen-bond donors (Lipinski definition) is 2. The highest BCUT2D eigenvalue weighted by Gasteiger charge is 2.42. The number of nitrogens with one attached hydrogen (secondary N) is 2. The quantitative estimate of drug-likeness (QED) is 0.603. The van der Waals surface area contributed by atoms with E-state index in [9.17, 15) is 13.2 Å². The van der Waals surface area contributed by atoms with Crippen molar-refractivity contribution in [1.82, 2.24) is 15.0 Å². The molecule has 5 rings (SSSR count). The molecule has 4 unspecified atom stereocenters. The van der Waals surface area contributed by atoms with Gasteiger partial charge in [-0.3, -0.25) is 0 Å². The smallest absolute Gasteiger partial charge is 0.431 e. The lowest BCUT2D eigenvalue weighted by Gasteiger charge is -2.38. The van der Waals surface area contributed by atoms with Crippen LogP contribution in [0.2, 0.25) is 0 Å². The zero-order valence-corrected chi connectivity index (χ0v) is 16.2. The van der Waals surface area contributed by atoms with Crippen LogP contribution >= 0.6 is 0 Å². The molecule has 0 radical (unpaired) electrons. The third-order valence-electron chi connectivity index (χ3n) is 5.74. The highest BCUT2D eigenvalue weighted by atomic mass is 19.4. The highest BCUT2D eigenvalue weighted by Crippen LogP contribution is 2.40. The lowest BCUT2D eigenvalue weighted by molar-refractivity contribution is -0.140. The van der Waals surface area contributed by atoms with E-state index in [4.69, 9.17) is 16.0 Å². The summed E-state index contributed by atoms with van der Waals surface area (Å²) in [6, 6.07) is 7.83. The van der Waals surface area contributed by atoms with Crippen molar-refractivity contribution < 1.29 is 22.6 Å². The van der Waals surface area contributed by atoms with Gasteiger partial charge in [-0.2, -0.15) is 13.2 Å². The number of halogens is 3. The maximum absolute atomic E-state index is 13.2. The molecular formula is C21H18F3N5O2. The Hall–Kier alpha value is -3.32. The second-order valence-electron chi connectivity index (χ2n) is 7.62. The Balaban J connectivity index is 1.50. The maximum Gasteiger partial charge on any atom is 0.431 e. The SMILES string of the molecule is [C-]#[N+]C1CCC1OC1COc2ccccc2C1Nc1ncnc2[nH]c(C(F)(F)F)cc12. The second kappa shape index (κ2) is 7.42. The van der Waals surface area contributed by atoms with Crippen molar-refractivity contribution in [3.05, 3.63) is 59.3 Å². The summed E-state index contributed by atoms with van der Waals surface area (Å²) in [4.78, 5) is 14.0. The summed E-state index contributed by atoms with van der Waals surface area (Å²) in [5.41, 5.74) is 0.0195. The van der Waals surface area contributed by atoms with Crippen LogP contribution in [0.1, 0.15) is 30.1 Å². The Morgan fingerprint density at radius 2 is 2.03 bits per heavy atom. The highest BCUT2D eigenvalue weighted by molar-refractivity contribution is 5.88. The van der Waals surface area contributed by atoms with Crippen molar-refractivity contribution in [3.63, 3.8) is 0 Å². The standard InChI is InChI=1S/C21H18F3N5O2/c1-25-13-6-7-15(13)31-16-9-30-14-5-3-2-4-11(14)18(16)29-20-12-8-17(21(22,23)24)28-19(12)26-10-27-20/h2-5,8,10,13,15-16,18H,6-7,9H2,(H2,26,27,28,29). The van der Waals surface area contributed by atoms with E-state index < -0.39 is 24.0 Å². The third-order valence-corrected chi connectivity index (χ3v) is 5.74. The normalized spacial score (nSPS) is 25.2. The summed E-state index contributed by atoms with van der Waals surface area (Å²) in [6.45, 7) is 7.54. The van der Waals surface area contributed by atoms with Crippen LogP contribution in [0.15, 0.2) is 36.7 Å². The van der Waals surface area contributed by atoms with Crippen LogP contribution in [0, 0.1) is 6.57 Å². The van der Waals surface area contributed by atoms with Crippen molar-refractivity contribution in [1.29, 1.82) is 0 Å². The van der Waals surface area contributed by atoms with Gasteiger partial charge in [-0.05, 0) is 18.6 Å². The summed E-state index contributed by atoms with van der Waals surface area (Å²) < 4.78 is 51.6.